The highest BCUT2D eigenvalue weighted by atomic mass is 19.1. The summed E-state index contributed by atoms with van der Waals surface area (Å²) in [6, 6.07) is 15.8. The summed E-state index contributed by atoms with van der Waals surface area (Å²) in [6.07, 6.45) is 3.66. The summed E-state index contributed by atoms with van der Waals surface area (Å²) < 4.78 is 14.0. The Morgan fingerprint density at radius 2 is 1.86 bits per heavy atom. The van der Waals surface area contributed by atoms with E-state index in [9.17, 15) is 4.39 Å². The number of para-hydroxylation sites is 1. The lowest BCUT2D eigenvalue weighted by Crippen LogP contribution is -2.24. The molecule has 0 amide bonds. The summed E-state index contributed by atoms with van der Waals surface area (Å²) in [5, 5.41) is 0.783. The van der Waals surface area contributed by atoms with Gasteiger partial charge in [0.05, 0.1) is 6.04 Å². The third kappa shape index (κ3) is 2.11. The highest BCUT2D eigenvalue weighted by Gasteiger charge is 2.28. The highest BCUT2D eigenvalue weighted by molar-refractivity contribution is 5.89. The van der Waals surface area contributed by atoms with E-state index in [4.69, 9.17) is 0 Å². The van der Waals surface area contributed by atoms with E-state index in [1.54, 1.807) is 6.07 Å². The van der Waals surface area contributed by atoms with Crippen molar-refractivity contribution in [3.05, 3.63) is 66.2 Å². The molecule has 22 heavy (non-hydrogen) atoms. The molecule has 1 aromatic heterocycles. The maximum absolute atomic E-state index is 14.0. The number of halogens is 1. The van der Waals surface area contributed by atoms with E-state index < -0.39 is 0 Å². The van der Waals surface area contributed by atoms with E-state index in [0.29, 0.717) is 11.6 Å². The van der Waals surface area contributed by atoms with E-state index >= 15 is 0 Å². The van der Waals surface area contributed by atoms with Gasteiger partial charge in [0.15, 0.2) is 0 Å². The molecule has 0 aliphatic carbocycles. The van der Waals surface area contributed by atoms with Gasteiger partial charge in [-0.2, -0.15) is 0 Å². The molecule has 1 fully saturated rings. The maximum atomic E-state index is 14.0. The van der Waals surface area contributed by atoms with Crippen LogP contribution in [0.3, 0.4) is 0 Å². The van der Waals surface area contributed by atoms with Crippen LogP contribution >= 0.6 is 0 Å². The van der Waals surface area contributed by atoms with Crippen molar-refractivity contribution >= 4 is 16.7 Å². The zero-order valence-corrected chi connectivity index (χ0v) is 12.1. The topological polar surface area (TPSA) is 29.0 Å². The van der Waals surface area contributed by atoms with Crippen LogP contribution in [0.15, 0.2) is 54.9 Å². The van der Waals surface area contributed by atoms with Crippen LogP contribution in [0, 0.1) is 5.82 Å². The van der Waals surface area contributed by atoms with Crippen molar-refractivity contribution in [2.45, 2.75) is 18.9 Å². The van der Waals surface area contributed by atoms with E-state index in [0.717, 1.165) is 30.6 Å². The molecule has 1 aliphatic rings. The molecule has 2 aromatic carbocycles. The van der Waals surface area contributed by atoms with Crippen LogP contribution in [0.5, 0.6) is 0 Å². The molecule has 3 aromatic rings. The van der Waals surface area contributed by atoms with Crippen molar-refractivity contribution in [3.63, 3.8) is 0 Å². The second kappa shape index (κ2) is 5.37. The Kier molecular flexibility index (Phi) is 3.22. The van der Waals surface area contributed by atoms with Gasteiger partial charge in [-0.15, -0.1) is 0 Å². The standard InChI is InChI=1S/C18H16FN3/c19-15-9-4-8-14-17(15)20-12-21-18(14)22-11-5-10-16(22)13-6-2-1-3-7-13/h1-4,6-9,12,16H,5,10-11H2. The summed E-state index contributed by atoms with van der Waals surface area (Å²) in [4.78, 5) is 10.8. The van der Waals surface area contributed by atoms with Gasteiger partial charge in [0.1, 0.15) is 23.5 Å². The number of hydrogen-bond donors (Lipinski definition) is 0. The first-order valence-electron chi connectivity index (χ1n) is 7.55. The van der Waals surface area contributed by atoms with Crippen LogP contribution in [0.25, 0.3) is 10.9 Å². The summed E-state index contributed by atoms with van der Waals surface area (Å²) in [7, 11) is 0. The minimum Gasteiger partial charge on any atom is -0.349 e. The Bertz CT molecular complexity index is 804. The molecule has 1 saturated heterocycles. The molecule has 0 spiro atoms. The third-order valence-electron chi connectivity index (χ3n) is 4.30. The maximum Gasteiger partial charge on any atom is 0.149 e. The van der Waals surface area contributed by atoms with Crippen molar-refractivity contribution in [2.75, 3.05) is 11.4 Å². The van der Waals surface area contributed by atoms with Gasteiger partial charge >= 0.3 is 0 Å². The van der Waals surface area contributed by atoms with Crippen LogP contribution in [0.2, 0.25) is 0 Å². The lowest BCUT2D eigenvalue weighted by atomic mass is 10.0. The van der Waals surface area contributed by atoms with Crippen LogP contribution in [0.1, 0.15) is 24.4 Å². The van der Waals surface area contributed by atoms with Gasteiger partial charge in [0.2, 0.25) is 0 Å². The Morgan fingerprint density at radius 3 is 2.73 bits per heavy atom. The van der Waals surface area contributed by atoms with E-state index in [1.165, 1.54) is 18.0 Å². The van der Waals surface area contributed by atoms with Gasteiger partial charge in [-0.25, -0.2) is 14.4 Å². The molecule has 0 radical (unpaired) electrons. The van der Waals surface area contributed by atoms with Crippen molar-refractivity contribution in [3.8, 4) is 0 Å². The molecule has 4 rings (SSSR count). The molecule has 1 unspecified atom stereocenters. The van der Waals surface area contributed by atoms with E-state index in [1.807, 2.05) is 12.1 Å². The van der Waals surface area contributed by atoms with Gasteiger partial charge in [-0.3, -0.25) is 0 Å². The normalized spacial score (nSPS) is 18.0. The van der Waals surface area contributed by atoms with Gasteiger partial charge in [-0.05, 0) is 30.5 Å². The molecule has 4 heteroatoms. The Labute approximate surface area is 128 Å². The second-order valence-corrected chi connectivity index (χ2v) is 5.60. The highest BCUT2D eigenvalue weighted by Crippen LogP contribution is 2.37. The number of rotatable bonds is 2. The average molecular weight is 293 g/mol. The number of aromatic nitrogens is 2. The lowest BCUT2D eigenvalue weighted by molar-refractivity contribution is 0.636. The van der Waals surface area contributed by atoms with Crippen molar-refractivity contribution in [1.82, 2.24) is 9.97 Å². The smallest absolute Gasteiger partial charge is 0.149 e. The molecule has 1 atom stereocenters. The first-order valence-corrected chi connectivity index (χ1v) is 7.55. The monoisotopic (exact) mass is 293 g/mol. The average Bonchev–Trinajstić information content (AvgIpc) is 3.05. The van der Waals surface area contributed by atoms with Crippen LogP contribution in [-0.2, 0) is 0 Å². The van der Waals surface area contributed by atoms with Crippen molar-refractivity contribution in [2.24, 2.45) is 0 Å². The predicted molar refractivity (Wildman–Crippen MR) is 85.3 cm³/mol. The molecular formula is C18H16FN3. The molecule has 110 valence electrons. The van der Waals surface area contributed by atoms with Gasteiger partial charge in [0, 0.05) is 11.9 Å². The SMILES string of the molecule is Fc1cccc2c(N3CCCC3c3ccccc3)ncnc12. The first kappa shape index (κ1) is 13.2. The Morgan fingerprint density at radius 1 is 1.00 bits per heavy atom. The third-order valence-corrected chi connectivity index (χ3v) is 4.30. The van der Waals surface area contributed by atoms with Crippen LogP contribution in [-0.4, -0.2) is 16.5 Å². The fourth-order valence-electron chi connectivity index (χ4n) is 3.31. The summed E-state index contributed by atoms with van der Waals surface area (Å²) in [5.41, 5.74) is 1.68. The summed E-state index contributed by atoms with van der Waals surface area (Å²) in [6.45, 7) is 0.933. The zero-order chi connectivity index (χ0) is 14.9. The second-order valence-electron chi connectivity index (χ2n) is 5.60. The number of benzene rings is 2. The number of nitrogens with zero attached hydrogens (tertiary/aromatic N) is 3. The van der Waals surface area contributed by atoms with Gasteiger partial charge < -0.3 is 4.90 Å². The quantitative estimate of drug-likeness (QED) is 0.712. The molecule has 2 heterocycles. The number of fused-ring (bicyclic) bond motifs is 1. The molecule has 0 N–H and O–H groups in total. The Hall–Kier alpha value is -2.49. The van der Waals surface area contributed by atoms with Gasteiger partial charge in [-0.1, -0.05) is 36.4 Å². The fraction of sp³-hybridized carbons (Fsp3) is 0.222. The van der Waals surface area contributed by atoms with Crippen molar-refractivity contribution < 1.29 is 4.39 Å². The fourth-order valence-corrected chi connectivity index (χ4v) is 3.31. The van der Waals surface area contributed by atoms with E-state index in [-0.39, 0.29) is 5.82 Å². The summed E-state index contributed by atoms with van der Waals surface area (Å²) >= 11 is 0. The molecular weight excluding hydrogens is 277 g/mol. The molecule has 3 nitrogen and oxygen atoms in total. The first-order chi connectivity index (χ1) is 10.8. The minimum atomic E-state index is -0.295. The molecule has 0 saturated carbocycles. The molecule has 1 aliphatic heterocycles. The predicted octanol–water partition coefficient (Wildman–Crippen LogP) is 4.11. The molecule has 0 bridgehead atoms. The lowest BCUT2D eigenvalue weighted by Gasteiger charge is -2.27. The minimum absolute atomic E-state index is 0.294. The van der Waals surface area contributed by atoms with Gasteiger partial charge in [0.25, 0.3) is 0 Å². The number of hydrogen-bond acceptors (Lipinski definition) is 3. The van der Waals surface area contributed by atoms with E-state index in [2.05, 4.69) is 39.1 Å². The van der Waals surface area contributed by atoms with Crippen LogP contribution < -0.4 is 4.90 Å². The number of anilines is 1. The Balaban J connectivity index is 1.83. The van der Waals surface area contributed by atoms with Crippen molar-refractivity contribution in [1.29, 1.82) is 0 Å². The zero-order valence-electron chi connectivity index (χ0n) is 12.1. The largest absolute Gasteiger partial charge is 0.349 e. The summed E-state index contributed by atoms with van der Waals surface area (Å²) in [5.74, 6) is 0.535. The van der Waals surface area contributed by atoms with Crippen LogP contribution in [0.4, 0.5) is 10.2 Å².